The molecule has 4 heteroatoms. The average Bonchev–Trinajstić information content (AvgIpc) is 3.11. The zero-order valence-electron chi connectivity index (χ0n) is 12.4. The maximum absolute atomic E-state index is 4.67. The van der Waals surface area contributed by atoms with E-state index in [1.165, 1.54) is 18.4 Å². The first kappa shape index (κ1) is 13.3. The highest BCUT2D eigenvalue weighted by atomic mass is 15.3. The number of aromatic nitrogens is 3. The highest BCUT2D eigenvalue weighted by Crippen LogP contribution is 2.20. The molecule has 0 amide bonds. The molecule has 0 saturated heterocycles. The van der Waals surface area contributed by atoms with E-state index in [2.05, 4.69) is 48.3 Å². The monoisotopic (exact) mass is 270 g/mol. The van der Waals surface area contributed by atoms with E-state index >= 15 is 0 Å². The van der Waals surface area contributed by atoms with E-state index in [9.17, 15) is 0 Å². The molecule has 2 heterocycles. The second-order valence-electron chi connectivity index (χ2n) is 5.91. The van der Waals surface area contributed by atoms with E-state index in [1.54, 1.807) is 0 Å². The van der Waals surface area contributed by atoms with Crippen molar-refractivity contribution in [1.82, 2.24) is 20.1 Å². The Hall–Kier alpha value is -1.68. The summed E-state index contributed by atoms with van der Waals surface area (Å²) in [6.07, 6.45) is 4.62. The first-order valence-corrected chi connectivity index (χ1v) is 7.39. The van der Waals surface area contributed by atoms with Crippen molar-refractivity contribution in [3.8, 4) is 5.82 Å². The van der Waals surface area contributed by atoms with E-state index in [0.29, 0.717) is 5.92 Å². The van der Waals surface area contributed by atoms with Gasteiger partial charge >= 0.3 is 0 Å². The Balaban J connectivity index is 1.77. The first-order chi connectivity index (χ1) is 9.63. The Labute approximate surface area is 120 Å². The van der Waals surface area contributed by atoms with Crippen LogP contribution in [-0.4, -0.2) is 20.8 Å². The second kappa shape index (κ2) is 5.37. The molecule has 1 aliphatic carbocycles. The van der Waals surface area contributed by atoms with Gasteiger partial charge < -0.3 is 5.32 Å². The molecule has 0 spiro atoms. The molecule has 0 atom stereocenters. The van der Waals surface area contributed by atoms with Crippen molar-refractivity contribution < 1.29 is 0 Å². The Morgan fingerprint density at radius 3 is 2.70 bits per heavy atom. The van der Waals surface area contributed by atoms with Crippen LogP contribution < -0.4 is 5.32 Å². The number of hydrogen-bond acceptors (Lipinski definition) is 3. The summed E-state index contributed by atoms with van der Waals surface area (Å²) in [6, 6.07) is 7.00. The molecule has 1 aliphatic rings. The molecule has 2 aromatic rings. The summed E-state index contributed by atoms with van der Waals surface area (Å²) in [4.78, 5) is 4.67. The zero-order valence-corrected chi connectivity index (χ0v) is 12.4. The molecule has 20 heavy (non-hydrogen) atoms. The van der Waals surface area contributed by atoms with Crippen LogP contribution in [0.3, 0.4) is 0 Å². The lowest BCUT2D eigenvalue weighted by Crippen LogP contribution is -2.16. The van der Waals surface area contributed by atoms with Gasteiger partial charge in [-0.1, -0.05) is 19.9 Å². The molecule has 0 bridgehead atoms. The number of aryl methyl sites for hydroxylation is 1. The number of pyridine rings is 1. The SMILES string of the molecule is Cc1nc(-n2ccc(C(C)C)n2)ccc1CNC1CC1. The number of rotatable bonds is 5. The van der Waals surface area contributed by atoms with E-state index in [1.807, 2.05) is 16.9 Å². The van der Waals surface area contributed by atoms with Crippen LogP contribution in [0.1, 0.15) is 49.6 Å². The third-order valence-corrected chi connectivity index (χ3v) is 3.78. The third-order valence-electron chi connectivity index (χ3n) is 3.78. The fourth-order valence-electron chi connectivity index (χ4n) is 2.21. The molecule has 3 rings (SSSR count). The van der Waals surface area contributed by atoms with Crippen molar-refractivity contribution in [2.75, 3.05) is 0 Å². The van der Waals surface area contributed by atoms with Gasteiger partial charge in [-0.05, 0) is 43.4 Å². The van der Waals surface area contributed by atoms with Gasteiger partial charge in [0.2, 0.25) is 0 Å². The number of hydrogen-bond donors (Lipinski definition) is 1. The zero-order chi connectivity index (χ0) is 14.1. The second-order valence-corrected chi connectivity index (χ2v) is 5.91. The smallest absolute Gasteiger partial charge is 0.153 e. The Kier molecular flexibility index (Phi) is 3.57. The van der Waals surface area contributed by atoms with Gasteiger partial charge in [0.25, 0.3) is 0 Å². The molecule has 4 nitrogen and oxygen atoms in total. The van der Waals surface area contributed by atoms with Crippen LogP contribution in [0.5, 0.6) is 0 Å². The molecule has 2 aromatic heterocycles. The molecular formula is C16H22N4. The predicted octanol–water partition coefficient (Wildman–Crippen LogP) is 2.95. The lowest BCUT2D eigenvalue weighted by Gasteiger charge is -2.08. The fraction of sp³-hybridized carbons (Fsp3) is 0.500. The highest BCUT2D eigenvalue weighted by molar-refractivity contribution is 5.30. The third kappa shape index (κ3) is 2.90. The van der Waals surface area contributed by atoms with Gasteiger partial charge in [0.1, 0.15) is 0 Å². The van der Waals surface area contributed by atoms with Crippen LogP contribution in [0.15, 0.2) is 24.4 Å². The Morgan fingerprint density at radius 1 is 1.30 bits per heavy atom. The lowest BCUT2D eigenvalue weighted by atomic mass is 10.1. The van der Waals surface area contributed by atoms with Crippen molar-refractivity contribution in [1.29, 1.82) is 0 Å². The average molecular weight is 270 g/mol. The molecule has 0 aliphatic heterocycles. The molecule has 106 valence electrons. The molecule has 1 saturated carbocycles. The molecule has 1 N–H and O–H groups in total. The minimum absolute atomic E-state index is 0.444. The van der Waals surface area contributed by atoms with Gasteiger partial charge in [-0.2, -0.15) is 5.10 Å². The molecule has 0 aromatic carbocycles. The standard InChI is InChI=1S/C16H22N4/c1-11(2)15-8-9-20(19-15)16-7-4-13(12(3)18-16)10-17-14-5-6-14/h4,7-9,11,14,17H,5-6,10H2,1-3H3. The van der Waals surface area contributed by atoms with Crippen molar-refractivity contribution in [3.63, 3.8) is 0 Å². The summed E-state index contributed by atoms with van der Waals surface area (Å²) < 4.78 is 1.86. The summed E-state index contributed by atoms with van der Waals surface area (Å²) in [5.74, 6) is 1.34. The molecule has 1 fully saturated rings. The number of nitrogens with zero attached hydrogens (tertiary/aromatic N) is 3. The summed E-state index contributed by atoms with van der Waals surface area (Å²) in [5, 5.41) is 8.10. The number of nitrogens with one attached hydrogen (secondary N) is 1. The van der Waals surface area contributed by atoms with Crippen LogP contribution in [0.2, 0.25) is 0 Å². The van der Waals surface area contributed by atoms with Gasteiger partial charge in [-0.3, -0.25) is 0 Å². The summed E-state index contributed by atoms with van der Waals surface area (Å²) in [5.41, 5.74) is 3.46. The van der Waals surface area contributed by atoms with Gasteiger partial charge in [0.05, 0.1) is 5.69 Å². The van der Waals surface area contributed by atoms with Crippen LogP contribution in [0, 0.1) is 6.92 Å². The van der Waals surface area contributed by atoms with Gasteiger partial charge in [0.15, 0.2) is 5.82 Å². The van der Waals surface area contributed by atoms with E-state index in [0.717, 1.165) is 29.8 Å². The maximum atomic E-state index is 4.67. The van der Waals surface area contributed by atoms with Gasteiger partial charge in [-0.15, -0.1) is 0 Å². The minimum atomic E-state index is 0.444. The van der Waals surface area contributed by atoms with E-state index < -0.39 is 0 Å². The van der Waals surface area contributed by atoms with Gasteiger partial charge in [0, 0.05) is 24.5 Å². The van der Waals surface area contributed by atoms with E-state index in [4.69, 9.17) is 0 Å². The van der Waals surface area contributed by atoms with E-state index in [-0.39, 0.29) is 0 Å². The van der Waals surface area contributed by atoms with Crippen molar-refractivity contribution in [2.24, 2.45) is 0 Å². The highest BCUT2D eigenvalue weighted by Gasteiger charge is 2.20. The van der Waals surface area contributed by atoms with Gasteiger partial charge in [-0.25, -0.2) is 9.67 Å². The molecular weight excluding hydrogens is 248 g/mol. The largest absolute Gasteiger partial charge is 0.310 e. The van der Waals surface area contributed by atoms with Crippen LogP contribution in [-0.2, 0) is 6.54 Å². The normalized spacial score (nSPS) is 15.0. The fourth-order valence-corrected chi connectivity index (χ4v) is 2.21. The van der Waals surface area contributed by atoms with Crippen LogP contribution in [0.4, 0.5) is 0 Å². The Morgan fingerprint density at radius 2 is 2.10 bits per heavy atom. The summed E-state index contributed by atoms with van der Waals surface area (Å²) in [7, 11) is 0. The van der Waals surface area contributed by atoms with Crippen molar-refractivity contribution >= 4 is 0 Å². The van der Waals surface area contributed by atoms with Crippen molar-refractivity contribution in [2.45, 2.75) is 52.1 Å². The minimum Gasteiger partial charge on any atom is -0.310 e. The van der Waals surface area contributed by atoms with Crippen molar-refractivity contribution in [3.05, 3.63) is 41.3 Å². The Bertz CT molecular complexity index is 596. The molecule has 0 radical (unpaired) electrons. The van der Waals surface area contributed by atoms with Crippen LogP contribution >= 0.6 is 0 Å². The predicted molar refractivity (Wildman–Crippen MR) is 80.0 cm³/mol. The maximum Gasteiger partial charge on any atom is 0.153 e. The summed E-state index contributed by atoms with van der Waals surface area (Å²) >= 11 is 0. The summed E-state index contributed by atoms with van der Waals surface area (Å²) in [6.45, 7) is 7.29. The van der Waals surface area contributed by atoms with Crippen LogP contribution in [0.25, 0.3) is 5.82 Å². The topological polar surface area (TPSA) is 42.7 Å². The lowest BCUT2D eigenvalue weighted by molar-refractivity contribution is 0.680. The quantitative estimate of drug-likeness (QED) is 0.908. The first-order valence-electron chi connectivity index (χ1n) is 7.39. The molecule has 0 unspecified atom stereocenters.